The van der Waals surface area contributed by atoms with Gasteiger partial charge >= 0.3 is 5.97 Å². The molecule has 1 fully saturated rings. The highest BCUT2D eigenvalue weighted by Gasteiger charge is 2.25. The lowest BCUT2D eigenvalue weighted by molar-refractivity contribution is -0.169. The molecule has 7 nitrogen and oxygen atoms in total. The van der Waals surface area contributed by atoms with E-state index in [2.05, 4.69) is 4.98 Å². The van der Waals surface area contributed by atoms with Gasteiger partial charge in [0.25, 0.3) is 0 Å². The Kier molecular flexibility index (Phi) is 6.50. The standard InChI is InChI=1S/C13H13Cl2FN2O5S/c1-5(13(20)24-4-7(19)23-6-2-21-3-6)22-12-9(15)10(17)8(14)11(16)18-12/h5-6H,2-4H2,1H3,(H2,17,18)/t5-/m1/s1. The molecule has 0 spiro atoms. The van der Waals surface area contributed by atoms with Crippen molar-refractivity contribution in [1.82, 2.24) is 4.98 Å². The van der Waals surface area contributed by atoms with Crippen molar-refractivity contribution in [2.75, 3.05) is 24.7 Å². The van der Waals surface area contributed by atoms with Crippen molar-refractivity contribution in [2.24, 2.45) is 0 Å². The van der Waals surface area contributed by atoms with Gasteiger partial charge in [0.2, 0.25) is 16.9 Å². The average molecular weight is 399 g/mol. The Morgan fingerprint density at radius 1 is 1.46 bits per heavy atom. The van der Waals surface area contributed by atoms with Crippen LogP contribution in [0.25, 0.3) is 0 Å². The lowest BCUT2D eigenvalue weighted by atomic mass is 10.3. The number of nitrogens with two attached hydrogens (primary N) is 1. The van der Waals surface area contributed by atoms with Crippen LogP contribution < -0.4 is 10.5 Å². The molecule has 2 heterocycles. The minimum Gasteiger partial charge on any atom is -0.464 e. The van der Waals surface area contributed by atoms with Gasteiger partial charge in [0.15, 0.2) is 6.10 Å². The molecule has 1 aliphatic heterocycles. The van der Waals surface area contributed by atoms with Gasteiger partial charge in [0.1, 0.15) is 16.1 Å². The van der Waals surface area contributed by atoms with Crippen molar-refractivity contribution in [3.05, 3.63) is 16.0 Å². The molecule has 24 heavy (non-hydrogen) atoms. The molecule has 0 bridgehead atoms. The normalized spacial score (nSPS) is 15.5. The zero-order valence-electron chi connectivity index (χ0n) is 12.4. The first-order chi connectivity index (χ1) is 11.3. The molecule has 0 amide bonds. The number of pyridine rings is 1. The Balaban J connectivity index is 1.88. The molecule has 2 rings (SSSR count). The monoisotopic (exact) mass is 398 g/mol. The fourth-order valence-electron chi connectivity index (χ4n) is 1.55. The van der Waals surface area contributed by atoms with Gasteiger partial charge in [-0.05, 0) is 6.92 Å². The Morgan fingerprint density at radius 2 is 2.12 bits per heavy atom. The minimum absolute atomic E-state index is 0.179. The molecule has 0 saturated carbocycles. The second-order valence-corrected chi connectivity index (χ2v) is 6.50. The van der Waals surface area contributed by atoms with E-state index in [4.69, 9.17) is 43.1 Å². The quantitative estimate of drug-likeness (QED) is 0.573. The molecule has 0 aromatic carbocycles. The van der Waals surface area contributed by atoms with E-state index >= 15 is 0 Å². The highest BCUT2D eigenvalue weighted by molar-refractivity contribution is 8.14. The van der Waals surface area contributed by atoms with Gasteiger partial charge in [-0.15, -0.1) is 0 Å². The number of nitrogen functional groups attached to an aromatic ring is 1. The van der Waals surface area contributed by atoms with Gasteiger partial charge in [-0.2, -0.15) is 9.37 Å². The number of esters is 1. The van der Waals surface area contributed by atoms with Crippen LogP contribution in [-0.4, -0.2) is 47.2 Å². The topological polar surface area (TPSA) is 101 Å². The van der Waals surface area contributed by atoms with Crippen molar-refractivity contribution in [3.8, 4) is 5.88 Å². The number of ether oxygens (including phenoxy) is 3. The second kappa shape index (κ2) is 8.19. The van der Waals surface area contributed by atoms with E-state index in [-0.39, 0.29) is 28.4 Å². The summed E-state index contributed by atoms with van der Waals surface area (Å²) in [4.78, 5) is 26.9. The van der Waals surface area contributed by atoms with Crippen LogP contribution in [0.2, 0.25) is 10.0 Å². The number of thioether (sulfide) groups is 1. The molecule has 1 atom stereocenters. The maximum absolute atomic E-state index is 13.5. The molecule has 0 aliphatic carbocycles. The summed E-state index contributed by atoms with van der Waals surface area (Å²) in [6, 6.07) is 0. The molecular weight excluding hydrogens is 386 g/mol. The van der Waals surface area contributed by atoms with Gasteiger partial charge in [-0.3, -0.25) is 9.59 Å². The predicted molar refractivity (Wildman–Crippen MR) is 86.9 cm³/mol. The molecule has 11 heteroatoms. The van der Waals surface area contributed by atoms with E-state index < -0.39 is 28.2 Å². The Morgan fingerprint density at radius 3 is 2.71 bits per heavy atom. The van der Waals surface area contributed by atoms with E-state index in [1.807, 2.05) is 0 Å². The van der Waals surface area contributed by atoms with Crippen molar-refractivity contribution >= 4 is 51.7 Å². The van der Waals surface area contributed by atoms with Crippen LogP contribution >= 0.6 is 35.0 Å². The highest BCUT2D eigenvalue weighted by atomic mass is 35.5. The number of halogens is 3. The lowest BCUT2D eigenvalue weighted by Crippen LogP contribution is -2.38. The zero-order valence-corrected chi connectivity index (χ0v) is 14.7. The maximum atomic E-state index is 13.5. The van der Waals surface area contributed by atoms with E-state index in [0.29, 0.717) is 25.0 Å². The largest absolute Gasteiger partial charge is 0.464 e. The van der Waals surface area contributed by atoms with E-state index in [1.165, 1.54) is 6.92 Å². The van der Waals surface area contributed by atoms with E-state index in [9.17, 15) is 14.0 Å². The van der Waals surface area contributed by atoms with Crippen LogP contribution in [0.3, 0.4) is 0 Å². The summed E-state index contributed by atoms with van der Waals surface area (Å²) in [7, 11) is 0. The molecular formula is C13H13Cl2FN2O5S. The van der Waals surface area contributed by atoms with E-state index in [1.54, 1.807) is 0 Å². The summed E-state index contributed by atoms with van der Waals surface area (Å²) in [6.45, 7) is 2.12. The highest BCUT2D eigenvalue weighted by Crippen LogP contribution is 2.35. The van der Waals surface area contributed by atoms with Gasteiger partial charge < -0.3 is 19.9 Å². The number of carbonyl (C=O) groups excluding carboxylic acids is 2. The number of rotatable bonds is 6. The molecule has 1 saturated heterocycles. The summed E-state index contributed by atoms with van der Waals surface area (Å²) in [5.41, 5.74) is 5.28. The van der Waals surface area contributed by atoms with E-state index in [0.717, 1.165) is 0 Å². The van der Waals surface area contributed by atoms with Gasteiger partial charge in [-0.1, -0.05) is 35.0 Å². The molecule has 0 radical (unpaired) electrons. The summed E-state index contributed by atoms with van der Waals surface area (Å²) >= 11 is 12.1. The second-order valence-electron chi connectivity index (χ2n) is 4.77. The summed E-state index contributed by atoms with van der Waals surface area (Å²) in [5.74, 6) is -2.13. The fourth-order valence-corrected chi connectivity index (χ4v) is 2.53. The van der Waals surface area contributed by atoms with Gasteiger partial charge in [0.05, 0.1) is 24.7 Å². The number of aromatic nitrogens is 1. The number of anilines is 1. The average Bonchev–Trinajstić information content (AvgIpc) is 2.51. The first-order valence-electron chi connectivity index (χ1n) is 6.70. The van der Waals surface area contributed by atoms with Crippen LogP contribution in [0, 0.1) is 5.95 Å². The lowest BCUT2D eigenvalue weighted by Gasteiger charge is -2.25. The zero-order chi connectivity index (χ0) is 17.9. The number of carbonyl (C=O) groups is 2. The number of hydrogen-bond acceptors (Lipinski definition) is 8. The predicted octanol–water partition coefficient (Wildman–Crippen LogP) is 2.08. The SMILES string of the molecule is C[C@@H](Oc1nc(F)c(Cl)c(N)c1Cl)C(=O)SCC(=O)OC1COC1. The molecule has 1 aromatic heterocycles. The summed E-state index contributed by atoms with van der Waals surface area (Å²) < 4.78 is 28.5. The third-order valence-corrected chi connectivity index (χ3v) is 4.62. The number of nitrogens with zero attached hydrogens (tertiary/aromatic N) is 1. The molecule has 1 aliphatic rings. The Hall–Kier alpha value is -1.29. The Labute approximate surface area is 150 Å². The third-order valence-electron chi connectivity index (χ3n) is 2.90. The van der Waals surface area contributed by atoms with Crippen LogP contribution in [0.5, 0.6) is 5.88 Å². The number of hydrogen-bond donors (Lipinski definition) is 1. The molecule has 0 unspecified atom stereocenters. The molecule has 1 aromatic rings. The maximum Gasteiger partial charge on any atom is 0.316 e. The van der Waals surface area contributed by atoms with Crippen molar-refractivity contribution in [1.29, 1.82) is 0 Å². The van der Waals surface area contributed by atoms with Crippen LogP contribution in [0.15, 0.2) is 0 Å². The van der Waals surface area contributed by atoms with Crippen molar-refractivity contribution < 1.29 is 28.2 Å². The van der Waals surface area contributed by atoms with Gasteiger partial charge in [-0.25, -0.2) is 0 Å². The fraction of sp³-hybridized carbons (Fsp3) is 0.462. The first kappa shape index (κ1) is 19.0. The first-order valence-corrected chi connectivity index (χ1v) is 8.44. The summed E-state index contributed by atoms with van der Waals surface area (Å²) in [6.07, 6.45) is -1.30. The Bertz CT molecular complexity index is 660. The van der Waals surface area contributed by atoms with Crippen LogP contribution in [0.1, 0.15) is 6.92 Å². The summed E-state index contributed by atoms with van der Waals surface area (Å²) in [5, 5.41) is -1.11. The van der Waals surface area contributed by atoms with Crippen LogP contribution in [0.4, 0.5) is 10.1 Å². The smallest absolute Gasteiger partial charge is 0.316 e. The van der Waals surface area contributed by atoms with Crippen molar-refractivity contribution in [2.45, 2.75) is 19.1 Å². The minimum atomic E-state index is -1.06. The van der Waals surface area contributed by atoms with Gasteiger partial charge in [0, 0.05) is 0 Å². The third kappa shape index (κ3) is 4.62. The molecule has 132 valence electrons. The van der Waals surface area contributed by atoms with Crippen molar-refractivity contribution in [3.63, 3.8) is 0 Å². The van der Waals surface area contributed by atoms with Crippen LogP contribution in [-0.2, 0) is 19.1 Å². The molecule has 2 N–H and O–H groups in total.